The van der Waals surface area contributed by atoms with Crippen molar-refractivity contribution in [2.24, 2.45) is 5.73 Å². The molecule has 0 bridgehead atoms. The van der Waals surface area contributed by atoms with E-state index in [4.69, 9.17) is 38.8 Å². The van der Waals surface area contributed by atoms with Crippen LogP contribution in [-0.2, 0) is 0 Å². The van der Waals surface area contributed by atoms with Crippen molar-refractivity contribution in [1.29, 1.82) is 0 Å². The summed E-state index contributed by atoms with van der Waals surface area (Å²) in [6, 6.07) is 4.75. The average Bonchev–Trinajstić information content (AvgIpc) is 2.23. The molecule has 1 atom stereocenters. The molecule has 84 valence electrons. The first-order valence-electron chi connectivity index (χ1n) is 4.57. The maximum absolute atomic E-state index is 8.70. The largest absolute Gasteiger partial charge is 0.492 e. The van der Waals surface area contributed by atoms with Crippen LogP contribution in [0.5, 0.6) is 5.75 Å². The van der Waals surface area contributed by atoms with Crippen LogP contribution in [0.1, 0.15) is 6.42 Å². The highest BCUT2D eigenvalue weighted by Crippen LogP contribution is 2.27. The first-order chi connectivity index (χ1) is 7.13. The molecule has 0 radical (unpaired) electrons. The van der Waals surface area contributed by atoms with Crippen LogP contribution in [0, 0.1) is 0 Å². The van der Waals surface area contributed by atoms with E-state index in [9.17, 15) is 0 Å². The molecule has 0 aromatic heterocycles. The lowest BCUT2D eigenvalue weighted by Gasteiger charge is -2.10. The molecule has 3 nitrogen and oxygen atoms in total. The van der Waals surface area contributed by atoms with E-state index in [-0.39, 0.29) is 12.6 Å². The fraction of sp³-hybridized carbons (Fsp3) is 0.400. The SMILES string of the molecule is NC(CO)CCOc1cc(Cl)ccc1Cl. The normalized spacial score (nSPS) is 12.5. The van der Waals surface area contributed by atoms with E-state index in [2.05, 4.69) is 0 Å². The monoisotopic (exact) mass is 249 g/mol. The molecule has 1 aromatic carbocycles. The van der Waals surface area contributed by atoms with Gasteiger partial charge < -0.3 is 15.6 Å². The van der Waals surface area contributed by atoms with Crippen LogP contribution in [-0.4, -0.2) is 24.4 Å². The minimum atomic E-state index is -0.261. The average molecular weight is 250 g/mol. The molecule has 0 spiro atoms. The molecular formula is C10H13Cl2NO2. The van der Waals surface area contributed by atoms with E-state index >= 15 is 0 Å². The Morgan fingerprint density at radius 3 is 2.80 bits per heavy atom. The van der Waals surface area contributed by atoms with Crippen LogP contribution in [0.25, 0.3) is 0 Å². The molecule has 1 aromatic rings. The van der Waals surface area contributed by atoms with E-state index in [0.29, 0.717) is 28.8 Å². The molecule has 1 unspecified atom stereocenters. The molecule has 0 fully saturated rings. The lowest BCUT2D eigenvalue weighted by Crippen LogP contribution is -2.26. The van der Waals surface area contributed by atoms with Gasteiger partial charge in [-0.2, -0.15) is 0 Å². The molecule has 0 aliphatic heterocycles. The number of aliphatic hydroxyl groups excluding tert-OH is 1. The van der Waals surface area contributed by atoms with Crippen LogP contribution in [0.4, 0.5) is 0 Å². The Bertz CT molecular complexity index is 320. The Morgan fingerprint density at radius 1 is 1.40 bits per heavy atom. The van der Waals surface area contributed by atoms with Crippen LogP contribution < -0.4 is 10.5 Å². The van der Waals surface area contributed by atoms with Gasteiger partial charge in [0.2, 0.25) is 0 Å². The summed E-state index contributed by atoms with van der Waals surface area (Å²) < 4.78 is 5.38. The summed E-state index contributed by atoms with van der Waals surface area (Å²) in [5, 5.41) is 9.78. The maximum Gasteiger partial charge on any atom is 0.139 e. The maximum atomic E-state index is 8.70. The number of halogens is 2. The van der Waals surface area contributed by atoms with Crippen molar-refractivity contribution < 1.29 is 9.84 Å². The Labute approximate surface area is 98.7 Å². The van der Waals surface area contributed by atoms with Crippen molar-refractivity contribution in [2.75, 3.05) is 13.2 Å². The van der Waals surface area contributed by atoms with Crippen molar-refractivity contribution in [3.8, 4) is 5.75 Å². The van der Waals surface area contributed by atoms with Crippen LogP contribution in [0.2, 0.25) is 10.0 Å². The standard InChI is InChI=1S/C10H13Cl2NO2/c11-7-1-2-9(12)10(5-7)15-4-3-8(13)6-14/h1-2,5,8,14H,3-4,6,13H2. The molecule has 0 amide bonds. The first kappa shape index (κ1) is 12.6. The van der Waals surface area contributed by atoms with Gasteiger partial charge in [-0.3, -0.25) is 0 Å². The van der Waals surface area contributed by atoms with E-state index in [1.165, 1.54) is 0 Å². The van der Waals surface area contributed by atoms with Crippen molar-refractivity contribution in [1.82, 2.24) is 0 Å². The summed E-state index contributed by atoms with van der Waals surface area (Å²) in [5.74, 6) is 0.536. The van der Waals surface area contributed by atoms with Crippen molar-refractivity contribution in [2.45, 2.75) is 12.5 Å². The van der Waals surface area contributed by atoms with E-state index in [0.717, 1.165) is 0 Å². The summed E-state index contributed by atoms with van der Waals surface area (Å²) in [5.41, 5.74) is 5.52. The zero-order valence-corrected chi connectivity index (χ0v) is 9.63. The van der Waals surface area contributed by atoms with Gasteiger partial charge in [0, 0.05) is 17.1 Å². The molecule has 3 N–H and O–H groups in total. The van der Waals surface area contributed by atoms with Gasteiger partial charge in [0.1, 0.15) is 5.75 Å². The Balaban J connectivity index is 2.46. The third-order valence-electron chi connectivity index (χ3n) is 1.87. The number of aliphatic hydroxyl groups is 1. The molecule has 1 rings (SSSR count). The van der Waals surface area contributed by atoms with E-state index in [1.807, 2.05) is 0 Å². The fourth-order valence-corrected chi connectivity index (χ4v) is 1.33. The van der Waals surface area contributed by atoms with Gasteiger partial charge in [-0.15, -0.1) is 0 Å². The number of hydrogen-bond acceptors (Lipinski definition) is 3. The highest BCUT2D eigenvalue weighted by Gasteiger charge is 2.04. The van der Waals surface area contributed by atoms with Gasteiger partial charge >= 0.3 is 0 Å². The lowest BCUT2D eigenvalue weighted by atomic mass is 10.2. The van der Waals surface area contributed by atoms with Crippen LogP contribution >= 0.6 is 23.2 Å². The van der Waals surface area contributed by atoms with E-state index in [1.54, 1.807) is 18.2 Å². The predicted molar refractivity (Wildman–Crippen MR) is 61.6 cm³/mol. The van der Waals surface area contributed by atoms with Gasteiger partial charge in [-0.25, -0.2) is 0 Å². The van der Waals surface area contributed by atoms with E-state index < -0.39 is 0 Å². The Hall–Kier alpha value is -0.480. The number of benzene rings is 1. The minimum Gasteiger partial charge on any atom is -0.492 e. The zero-order chi connectivity index (χ0) is 11.3. The Kier molecular flexibility index (Phi) is 5.19. The summed E-state index contributed by atoms with van der Waals surface area (Å²) in [6.07, 6.45) is 0.569. The lowest BCUT2D eigenvalue weighted by molar-refractivity contribution is 0.230. The molecule has 5 heteroatoms. The van der Waals surface area contributed by atoms with Crippen molar-refractivity contribution in [3.05, 3.63) is 28.2 Å². The minimum absolute atomic E-state index is 0.0490. The number of hydrogen-bond donors (Lipinski definition) is 2. The molecule has 0 aliphatic rings. The van der Waals surface area contributed by atoms with Gasteiger partial charge in [0.05, 0.1) is 18.2 Å². The second-order valence-corrected chi connectivity index (χ2v) is 4.00. The van der Waals surface area contributed by atoms with Gasteiger partial charge in [0.25, 0.3) is 0 Å². The van der Waals surface area contributed by atoms with Crippen LogP contribution in [0.3, 0.4) is 0 Å². The van der Waals surface area contributed by atoms with Gasteiger partial charge in [-0.05, 0) is 18.6 Å². The number of nitrogens with two attached hydrogens (primary N) is 1. The second kappa shape index (κ2) is 6.18. The number of ether oxygens (including phenoxy) is 1. The highest BCUT2D eigenvalue weighted by molar-refractivity contribution is 6.34. The molecular weight excluding hydrogens is 237 g/mol. The Morgan fingerprint density at radius 2 is 2.13 bits per heavy atom. The summed E-state index contributed by atoms with van der Waals surface area (Å²) in [7, 11) is 0. The van der Waals surface area contributed by atoms with Crippen LogP contribution in [0.15, 0.2) is 18.2 Å². The smallest absolute Gasteiger partial charge is 0.139 e. The summed E-state index contributed by atoms with van der Waals surface area (Å²) in [6.45, 7) is 0.356. The molecule has 0 saturated carbocycles. The molecule has 15 heavy (non-hydrogen) atoms. The second-order valence-electron chi connectivity index (χ2n) is 3.15. The highest BCUT2D eigenvalue weighted by atomic mass is 35.5. The zero-order valence-electron chi connectivity index (χ0n) is 8.12. The third-order valence-corrected chi connectivity index (χ3v) is 2.42. The molecule has 0 heterocycles. The summed E-state index contributed by atoms with van der Waals surface area (Å²) >= 11 is 11.7. The van der Waals surface area contributed by atoms with Gasteiger partial charge in [-0.1, -0.05) is 23.2 Å². The number of rotatable bonds is 5. The van der Waals surface area contributed by atoms with Gasteiger partial charge in [0.15, 0.2) is 0 Å². The van der Waals surface area contributed by atoms with Crippen molar-refractivity contribution in [3.63, 3.8) is 0 Å². The molecule has 0 saturated heterocycles. The fourth-order valence-electron chi connectivity index (χ4n) is 0.999. The summed E-state index contributed by atoms with van der Waals surface area (Å²) in [4.78, 5) is 0. The van der Waals surface area contributed by atoms with Crippen molar-refractivity contribution >= 4 is 23.2 Å². The predicted octanol–water partition coefficient (Wildman–Crippen LogP) is 2.08. The quantitative estimate of drug-likeness (QED) is 0.841. The third kappa shape index (κ3) is 4.26. The topological polar surface area (TPSA) is 55.5 Å². The first-order valence-corrected chi connectivity index (χ1v) is 5.33. The molecule has 0 aliphatic carbocycles.